The molecule has 1 atom stereocenters. The summed E-state index contributed by atoms with van der Waals surface area (Å²) < 4.78 is 24.5. The highest BCUT2D eigenvalue weighted by Crippen LogP contribution is 2.38. The number of carbonyl (C=O) groups excluding carboxylic acids is 1. The van der Waals surface area contributed by atoms with Gasteiger partial charge in [-0.25, -0.2) is 4.39 Å². The van der Waals surface area contributed by atoms with Crippen LogP contribution in [0.4, 0.5) is 4.39 Å². The van der Waals surface area contributed by atoms with Crippen molar-refractivity contribution in [3.8, 4) is 5.75 Å². The van der Waals surface area contributed by atoms with Gasteiger partial charge in [0.05, 0.1) is 5.56 Å². The third-order valence-electron chi connectivity index (χ3n) is 3.38. The number of nitrogens with zero attached hydrogens (tertiary/aromatic N) is 2. The Morgan fingerprint density at radius 2 is 2.24 bits per heavy atom. The Morgan fingerprint density at radius 1 is 1.48 bits per heavy atom. The third kappa shape index (κ3) is 2.94. The smallest absolute Gasteiger partial charge is 0.267 e. The quantitative estimate of drug-likeness (QED) is 0.789. The van der Waals surface area contributed by atoms with E-state index >= 15 is 0 Å². The van der Waals surface area contributed by atoms with Gasteiger partial charge in [0, 0.05) is 12.0 Å². The van der Waals surface area contributed by atoms with Crippen LogP contribution in [0, 0.1) is 5.82 Å². The Balaban J connectivity index is 1.72. The Labute approximate surface area is 121 Å². The highest BCUT2D eigenvalue weighted by Gasteiger charge is 2.30. The molecule has 1 aromatic heterocycles. The zero-order chi connectivity index (χ0) is 15.0. The molecule has 3 rings (SSSR count). The third-order valence-corrected chi connectivity index (χ3v) is 3.38. The maximum Gasteiger partial charge on any atom is 0.267 e. The Bertz CT molecular complexity index is 679. The lowest BCUT2D eigenvalue weighted by Gasteiger charge is -2.11. The molecule has 110 valence electrons. The van der Waals surface area contributed by atoms with Crippen LogP contribution in [0.3, 0.4) is 0 Å². The van der Waals surface area contributed by atoms with Crippen LogP contribution < -0.4 is 4.74 Å². The molecule has 2 aromatic rings. The molecule has 0 saturated heterocycles. The normalized spacial score (nSPS) is 15.8. The van der Waals surface area contributed by atoms with E-state index < -0.39 is 11.9 Å². The second kappa shape index (κ2) is 5.27. The fourth-order valence-corrected chi connectivity index (χ4v) is 2.03. The van der Waals surface area contributed by atoms with Crippen molar-refractivity contribution < 1.29 is 18.4 Å². The van der Waals surface area contributed by atoms with E-state index in [9.17, 15) is 9.18 Å². The van der Waals surface area contributed by atoms with Crippen LogP contribution in [0.25, 0.3) is 0 Å². The number of hydrogen-bond acceptors (Lipinski definition) is 5. The number of carbonyl (C=O) groups is 1. The minimum atomic E-state index is -0.601. The van der Waals surface area contributed by atoms with Crippen LogP contribution >= 0.6 is 0 Å². The van der Waals surface area contributed by atoms with Gasteiger partial charge in [0.25, 0.3) is 5.89 Å². The number of ether oxygens (including phenoxy) is 1. The molecule has 6 heteroatoms. The fourth-order valence-electron chi connectivity index (χ4n) is 2.03. The molecular weight excluding hydrogens is 275 g/mol. The molecule has 1 heterocycles. The van der Waals surface area contributed by atoms with Crippen molar-refractivity contribution in [3.63, 3.8) is 0 Å². The van der Waals surface area contributed by atoms with Gasteiger partial charge in [0.15, 0.2) is 17.7 Å². The van der Waals surface area contributed by atoms with Crippen molar-refractivity contribution in [1.82, 2.24) is 10.1 Å². The summed E-state index contributed by atoms with van der Waals surface area (Å²) >= 11 is 0. The molecule has 0 bridgehead atoms. The molecule has 0 aliphatic heterocycles. The zero-order valence-corrected chi connectivity index (χ0v) is 11.8. The molecular formula is C15H15FN2O3. The lowest BCUT2D eigenvalue weighted by atomic mass is 10.1. The molecule has 1 saturated carbocycles. The summed E-state index contributed by atoms with van der Waals surface area (Å²) in [5, 5.41) is 3.91. The van der Waals surface area contributed by atoms with Crippen molar-refractivity contribution in [2.45, 2.75) is 38.7 Å². The fraction of sp³-hybridized carbons (Fsp3) is 0.400. The number of rotatable bonds is 5. The summed E-state index contributed by atoms with van der Waals surface area (Å²) in [7, 11) is 0. The predicted molar refractivity (Wildman–Crippen MR) is 71.7 cm³/mol. The second-order valence-corrected chi connectivity index (χ2v) is 5.22. The first kappa shape index (κ1) is 13.7. The first-order chi connectivity index (χ1) is 10.0. The zero-order valence-electron chi connectivity index (χ0n) is 11.8. The summed E-state index contributed by atoms with van der Waals surface area (Å²) in [5.74, 6) is 0.874. The molecule has 1 aromatic carbocycles. The van der Waals surface area contributed by atoms with Crippen LogP contribution in [0.15, 0.2) is 22.7 Å². The van der Waals surface area contributed by atoms with Crippen molar-refractivity contribution in [2.75, 3.05) is 0 Å². The second-order valence-electron chi connectivity index (χ2n) is 5.22. The summed E-state index contributed by atoms with van der Waals surface area (Å²) in [6.45, 7) is 3.07. The molecule has 0 unspecified atom stereocenters. The molecule has 1 aliphatic rings. The topological polar surface area (TPSA) is 65.2 Å². The Morgan fingerprint density at radius 3 is 2.86 bits per heavy atom. The largest absolute Gasteiger partial charge is 0.481 e. The van der Waals surface area contributed by atoms with E-state index in [2.05, 4.69) is 10.1 Å². The lowest BCUT2D eigenvalue weighted by Crippen LogP contribution is -2.05. The maximum absolute atomic E-state index is 13.7. The molecule has 1 fully saturated rings. The standard InChI is InChI=1S/C15H15FN2O3/c1-8(19)12-6-5-11(7-13(12)16)20-9(2)15-17-14(18-21-15)10-3-4-10/h5-7,9-10H,3-4H2,1-2H3/t9-/m1/s1. The van der Waals surface area contributed by atoms with Gasteiger partial charge in [-0.3, -0.25) is 4.79 Å². The van der Waals surface area contributed by atoms with E-state index in [0.717, 1.165) is 12.8 Å². The number of ketones is 1. The highest BCUT2D eigenvalue weighted by atomic mass is 19.1. The summed E-state index contributed by atoms with van der Waals surface area (Å²) in [6, 6.07) is 4.14. The molecule has 0 radical (unpaired) electrons. The average Bonchev–Trinajstić information content (AvgIpc) is 3.16. The first-order valence-corrected chi connectivity index (χ1v) is 6.85. The summed E-state index contributed by atoms with van der Waals surface area (Å²) in [6.07, 6.45) is 1.70. The average molecular weight is 290 g/mol. The Kier molecular flexibility index (Phi) is 3.45. The van der Waals surface area contributed by atoms with Crippen LogP contribution in [0.5, 0.6) is 5.75 Å². The van der Waals surface area contributed by atoms with Crippen molar-refractivity contribution in [1.29, 1.82) is 0 Å². The van der Waals surface area contributed by atoms with Crippen LogP contribution in [-0.2, 0) is 0 Å². The molecule has 0 N–H and O–H groups in total. The van der Waals surface area contributed by atoms with Crippen LogP contribution in [-0.4, -0.2) is 15.9 Å². The maximum atomic E-state index is 13.7. The number of aromatic nitrogens is 2. The van der Waals surface area contributed by atoms with Crippen molar-refractivity contribution in [2.24, 2.45) is 0 Å². The number of Topliss-reactive ketones (excluding diaryl/α,β-unsaturated/α-hetero) is 1. The number of benzene rings is 1. The molecule has 21 heavy (non-hydrogen) atoms. The van der Waals surface area contributed by atoms with E-state index in [1.54, 1.807) is 13.0 Å². The first-order valence-electron chi connectivity index (χ1n) is 6.85. The van der Waals surface area contributed by atoms with Crippen LogP contribution in [0.2, 0.25) is 0 Å². The molecule has 1 aliphatic carbocycles. The van der Waals surface area contributed by atoms with E-state index in [0.29, 0.717) is 23.4 Å². The lowest BCUT2D eigenvalue weighted by molar-refractivity contribution is 0.101. The van der Waals surface area contributed by atoms with Gasteiger partial charge in [-0.15, -0.1) is 0 Å². The Hall–Kier alpha value is -2.24. The molecule has 0 amide bonds. The van der Waals surface area contributed by atoms with Gasteiger partial charge in [-0.2, -0.15) is 4.98 Å². The monoisotopic (exact) mass is 290 g/mol. The van der Waals surface area contributed by atoms with E-state index in [1.807, 2.05) is 0 Å². The molecule has 5 nitrogen and oxygen atoms in total. The summed E-state index contributed by atoms with van der Waals surface area (Å²) in [4.78, 5) is 15.5. The van der Waals surface area contributed by atoms with Gasteiger partial charge in [0.2, 0.25) is 0 Å². The summed E-state index contributed by atoms with van der Waals surface area (Å²) in [5.41, 5.74) is 0.0452. The van der Waals surface area contributed by atoms with E-state index in [4.69, 9.17) is 9.26 Å². The van der Waals surface area contributed by atoms with Crippen LogP contribution in [0.1, 0.15) is 60.8 Å². The molecule has 0 spiro atoms. The number of halogens is 1. The van der Waals surface area contributed by atoms with Crippen molar-refractivity contribution in [3.05, 3.63) is 41.3 Å². The SMILES string of the molecule is CC(=O)c1ccc(O[C@H](C)c2nc(C3CC3)no2)cc1F. The van der Waals surface area contributed by atoms with Gasteiger partial charge < -0.3 is 9.26 Å². The predicted octanol–water partition coefficient (Wildman–Crippen LogP) is 3.43. The van der Waals surface area contributed by atoms with Gasteiger partial charge in [0.1, 0.15) is 11.6 Å². The highest BCUT2D eigenvalue weighted by molar-refractivity contribution is 5.94. The van der Waals surface area contributed by atoms with E-state index in [1.165, 1.54) is 19.1 Å². The minimum absolute atomic E-state index is 0.0452. The van der Waals surface area contributed by atoms with Gasteiger partial charge in [-0.1, -0.05) is 5.16 Å². The van der Waals surface area contributed by atoms with Gasteiger partial charge in [-0.05, 0) is 38.8 Å². The van der Waals surface area contributed by atoms with Crippen molar-refractivity contribution >= 4 is 5.78 Å². The van der Waals surface area contributed by atoms with E-state index in [-0.39, 0.29) is 11.3 Å². The number of hydrogen-bond donors (Lipinski definition) is 0. The minimum Gasteiger partial charge on any atom is -0.481 e. The van der Waals surface area contributed by atoms with Gasteiger partial charge >= 0.3 is 0 Å².